The predicted molar refractivity (Wildman–Crippen MR) is 16.5 cm³/mol. The molecular weight excluding hydrogens is 102 g/mol. The molecule has 0 amide bonds. The molecule has 2 N–H and O–H groups in total. The molecule has 1 aliphatic rings. The van der Waals surface area contributed by atoms with Crippen LogP contribution in [0.2, 0.25) is 0 Å². The van der Waals surface area contributed by atoms with Gasteiger partial charge in [-0.3, -0.25) is 0 Å². The van der Waals surface area contributed by atoms with E-state index in [0.29, 0.717) is 0 Å². The molecule has 0 saturated carbocycles. The summed E-state index contributed by atoms with van der Waals surface area (Å²) in [5, 5.41) is 16.3. The summed E-state index contributed by atoms with van der Waals surface area (Å²) in [6.07, 6.45) is 0.847. The topological polar surface area (TPSA) is 62.2 Å². The van der Waals surface area contributed by atoms with Crippen LogP contribution >= 0.6 is 0 Å². The van der Waals surface area contributed by atoms with Gasteiger partial charge in [0.15, 0.2) is 5.39 Å². The molecule has 5 nitrogen and oxygen atoms in total. The standard InChI is InChI=1S/C2H3NO4/c4-2-1-6-3(5)7-2/h1,4-5H. The van der Waals surface area contributed by atoms with Crippen molar-refractivity contribution in [2.75, 3.05) is 0 Å². The van der Waals surface area contributed by atoms with Gasteiger partial charge in [-0.05, 0) is 0 Å². The van der Waals surface area contributed by atoms with Gasteiger partial charge in [0.25, 0.3) is 0 Å². The van der Waals surface area contributed by atoms with E-state index in [1.54, 1.807) is 0 Å². The summed E-state index contributed by atoms with van der Waals surface area (Å²) in [7, 11) is 0. The van der Waals surface area contributed by atoms with Crippen molar-refractivity contribution < 1.29 is 20.0 Å². The molecule has 1 heterocycles. The SMILES string of the molecule is OC1=CON(O)O1. The molecule has 0 atom stereocenters. The van der Waals surface area contributed by atoms with E-state index in [4.69, 9.17) is 10.3 Å². The first kappa shape index (κ1) is 4.23. The summed E-state index contributed by atoms with van der Waals surface area (Å²) in [6.45, 7) is 0. The number of nitrogens with zero attached hydrogens (tertiary/aromatic N) is 1. The van der Waals surface area contributed by atoms with Gasteiger partial charge >= 0.3 is 5.95 Å². The summed E-state index contributed by atoms with van der Waals surface area (Å²) in [4.78, 5) is 7.96. The Labute approximate surface area is 38.8 Å². The number of aliphatic hydroxyl groups excluding tert-OH is 1. The van der Waals surface area contributed by atoms with Crippen molar-refractivity contribution in [3.63, 3.8) is 0 Å². The third kappa shape index (κ3) is 0.729. The van der Waals surface area contributed by atoms with Crippen molar-refractivity contribution in [1.29, 1.82) is 0 Å². The van der Waals surface area contributed by atoms with Crippen LogP contribution < -0.4 is 0 Å². The Morgan fingerprint density at radius 1 is 1.71 bits per heavy atom. The van der Waals surface area contributed by atoms with Crippen LogP contribution in [0.15, 0.2) is 12.2 Å². The maximum absolute atomic E-state index is 8.21. The monoisotopic (exact) mass is 105 g/mol. The fourth-order valence-electron chi connectivity index (χ4n) is 0.213. The van der Waals surface area contributed by atoms with E-state index in [1.165, 1.54) is 0 Å². The Kier molecular flexibility index (Phi) is 0.775. The van der Waals surface area contributed by atoms with Gasteiger partial charge in [0.1, 0.15) is 0 Å². The number of aliphatic hydroxyl groups is 1. The molecule has 1 rings (SSSR count). The van der Waals surface area contributed by atoms with E-state index in [0.717, 1.165) is 6.26 Å². The van der Waals surface area contributed by atoms with Crippen LogP contribution in [0.3, 0.4) is 0 Å². The number of rotatable bonds is 0. The van der Waals surface area contributed by atoms with Gasteiger partial charge in [-0.25, -0.2) is 5.21 Å². The van der Waals surface area contributed by atoms with E-state index in [-0.39, 0.29) is 5.39 Å². The first-order chi connectivity index (χ1) is 3.29. The minimum atomic E-state index is -0.470. The Hall–Kier alpha value is -0.940. The van der Waals surface area contributed by atoms with Crippen LogP contribution in [0.1, 0.15) is 0 Å². The Bertz CT molecular complexity index is 99.9. The normalized spacial score (nSPS) is 20.4. The van der Waals surface area contributed by atoms with E-state index in [2.05, 4.69) is 9.68 Å². The first-order valence-electron chi connectivity index (χ1n) is 1.52. The van der Waals surface area contributed by atoms with Gasteiger partial charge in [-0.2, -0.15) is 0 Å². The Morgan fingerprint density at radius 2 is 2.43 bits per heavy atom. The second-order valence-electron chi connectivity index (χ2n) is 0.891. The van der Waals surface area contributed by atoms with Crippen molar-refractivity contribution in [3.8, 4) is 0 Å². The molecule has 0 saturated heterocycles. The third-order valence-electron chi connectivity index (χ3n) is 0.415. The molecule has 5 heteroatoms. The van der Waals surface area contributed by atoms with E-state index < -0.39 is 5.95 Å². The van der Waals surface area contributed by atoms with Crippen LogP contribution in [0.4, 0.5) is 0 Å². The van der Waals surface area contributed by atoms with Crippen molar-refractivity contribution in [2.24, 2.45) is 0 Å². The van der Waals surface area contributed by atoms with Crippen molar-refractivity contribution >= 4 is 0 Å². The van der Waals surface area contributed by atoms with E-state index in [9.17, 15) is 0 Å². The maximum Gasteiger partial charge on any atom is 0.342 e. The van der Waals surface area contributed by atoms with Crippen LogP contribution in [0, 0.1) is 0 Å². The molecular formula is C2H3NO4. The summed E-state index contributed by atoms with van der Waals surface area (Å²) < 4.78 is 0. The minimum absolute atomic E-state index is 0.0370. The molecule has 0 spiro atoms. The summed E-state index contributed by atoms with van der Waals surface area (Å²) >= 11 is 0. The van der Waals surface area contributed by atoms with Gasteiger partial charge in [0.2, 0.25) is 6.26 Å². The molecule has 0 aliphatic carbocycles. The fraction of sp³-hybridized carbons (Fsp3) is 0. The predicted octanol–water partition coefficient (Wildman–Crippen LogP) is -0.0887. The molecule has 7 heavy (non-hydrogen) atoms. The maximum atomic E-state index is 8.21. The average molecular weight is 105 g/mol. The Morgan fingerprint density at radius 3 is 2.57 bits per heavy atom. The fourth-order valence-corrected chi connectivity index (χ4v) is 0.213. The van der Waals surface area contributed by atoms with Gasteiger partial charge in [-0.15, -0.1) is 0 Å². The zero-order valence-electron chi connectivity index (χ0n) is 3.24. The number of hydrogen-bond donors (Lipinski definition) is 2. The van der Waals surface area contributed by atoms with Crippen molar-refractivity contribution in [3.05, 3.63) is 12.2 Å². The largest absolute Gasteiger partial charge is 0.477 e. The quantitative estimate of drug-likeness (QED) is 0.450. The second-order valence-corrected chi connectivity index (χ2v) is 0.891. The smallest absolute Gasteiger partial charge is 0.342 e. The van der Waals surface area contributed by atoms with Gasteiger partial charge in [-0.1, -0.05) is 0 Å². The first-order valence-corrected chi connectivity index (χ1v) is 1.52. The molecule has 0 unspecified atom stereocenters. The summed E-state index contributed by atoms with van der Waals surface area (Å²) in [6, 6.07) is 0. The van der Waals surface area contributed by atoms with Crippen molar-refractivity contribution in [2.45, 2.75) is 0 Å². The van der Waals surface area contributed by atoms with Crippen LogP contribution in [-0.4, -0.2) is 15.7 Å². The molecule has 0 aromatic carbocycles. The lowest BCUT2D eigenvalue weighted by molar-refractivity contribution is -0.462. The van der Waals surface area contributed by atoms with Gasteiger partial charge in [0.05, 0.1) is 0 Å². The highest BCUT2D eigenvalue weighted by atomic mass is 17.1. The van der Waals surface area contributed by atoms with Crippen LogP contribution in [0.5, 0.6) is 0 Å². The lowest BCUT2D eigenvalue weighted by Crippen LogP contribution is -2.09. The minimum Gasteiger partial charge on any atom is -0.477 e. The molecule has 0 radical (unpaired) electrons. The zero-order valence-corrected chi connectivity index (χ0v) is 3.24. The molecule has 0 fully saturated rings. The van der Waals surface area contributed by atoms with E-state index in [1.807, 2.05) is 0 Å². The van der Waals surface area contributed by atoms with Gasteiger partial charge in [0, 0.05) is 0 Å². The average Bonchev–Trinajstić information content (AvgIpc) is 1.87. The molecule has 1 aliphatic heterocycles. The highest BCUT2D eigenvalue weighted by Gasteiger charge is 2.11. The van der Waals surface area contributed by atoms with E-state index >= 15 is 0 Å². The molecule has 40 valence electrons. The third-order valence-corrected chi connectivity index (χ3v) is 0.415. The Balaban J connectivity index is 2.42. The lowest BCUT2D eigenvalue weighted by atomic mass is 11.0. The second kappa shape index (κ2) is 1.28. The lowest BCUT2D eigenvalue weighted by Gasteiger charge is -1.98. The summed E-state index contributed by atoms with van der Waals surface area (Å²) in [5.74, 6) is -0.470. The molecule has 0 aromatic heterocycles. The highest BCUT2D eigenvalue weighted by Crippen LogP contribution is 2.04. The van der Waals surface area contributed by atoms with Crippen molar-refractivity contribution in [1.82, 2.24) is 5.39 Å². The molecule has 0 aromatic rings. The zero-order chi connectivity index (χ0) is 5.28. The molecule has 0 bridgehead atoms. The summed E-state index contributed by atoms with van der Waals surface area (Å²) in [5.41, 5.74) is 0. The van der Waals surface area contributed by atoms with Gasteiger partial charge < -0.3 is 14.8 Å². The van der Waals surface area contributed by atoms with Crippen LogP contribution in [0.25, 0.3) is 0 Å². The van der Waals surface area contributed by atoms with Crippen LogP contribution in [-0.2, 0) is 9.68 Å². The highest BCUT2D eigenvalue weighted by molar-refractivity contribution is 4.71. The number of hydrogen-bond acceptors (Lipinski definition) is 5.